The second-order valence-electron chi connectivity index (χ2n) is 6.06. The molecule has 0 unspecified atom stereocenters. The van der Waals surface area contributed by atoms with Gasteiger partial charge >= 0.3 is 0 Å². The number of nitrogens with two attached hydrogens (primary N) is 1. The molecule has 0 bridgehead atoms. The molecular weight excluding hydrogens is 497 g/mol. The second kappa shape index (κ2) is 10.9. The van der Waals surface area contributed by atoms with Crippen LogP contribution in [0.1, 0.15) is 43.0 Å². The number of nitrogens with zero attached hydrogens (tertiary/aromatic N) is 2. The van der Waals surface area contributed by atoms with E-state index in [-0.39, 0.29) is 28.9 Å². The Morgan fingerprint density at radius 3 is 2.67 bits per heavy atom. The number of hydrogen-bond acceptors (Lipinski definition) is 5. The van der Waals surface area contributed by atoms with Crippen molar-refractivity contribution in [2.75, 3.05) is 6.54 Å². The number of halogens is 1. The van der Waals surface area contributed by atoms with E-state index >= 15 is 0 Å². The van der Waals surface area contributed by atoms with Crippen LogP contribution in [0.2, 0.25) is 0 Å². The molecule has 2 rings (SSSR count). The Morgan fingerprint density at radius 2 is 2.07 bits per heavy atom. The molecule has 10 heteroatoms. The summed E-state index contributed by atoms with van der Waals surface area (Å²) in [5.74, 6) is 1.06. The molecule has 0 aliphatic carbocycles. The number of hydrogen-bond donors (Lipinski definition) is 3. The van der Waals surface area contributed by atoms with Crippen molar-refractivity contribution in [2.24, 2.45) is 10.1 Å². The van der Waals surface area contributed by atoms with Crippen molar-refractivity contribution in [1.82, 2.24) is 15.6 Å². The molecule has 0 saturated carbocycles. The van der Waals surface area contributed by atoms with Crippen LogP contribution in [0.15, 0.2) is 39.5 Å². The summed E-state index contributed by atoms with van der Waals surface area (Å²) in [6.45, 7) is 7.87. The number of nitrogens with one attached hydrogen (secondary N) is 2. The molecule has 1 heterocycles. The highest BCUT2D eigenvalue weighted by atomic mass is 127. The first-order chi connectivity index (χ1) is 12.3. The largest absolute Gasteiger partial charge is 0.357 e. The molecular formula is C17H26IN5O2S2. The van der Waals surface area contributed by atoms with E-state index in [1.54, 1.807) is 17.4 Å². The summed E-state index contributed by atoms with van der Waals surface area (Å²) in [5, 5.41) is 14.7. The number of guanidine groups is 1. The van der Waals surface area contributed by atoms with Crippen LogP contribution in [-0.4, -0.2) is 25.9 Å². The molecule has 0 spiro atoms. The Labute approximate surface area is 182 Å². The minimum absolute atomic E-state index is 0. The van der Waals surface area contributed by atoms with Crippen LogP contribution in [0.5, 0.6) is 0 Å². The molecule has 27 heavy (non-hydrogen) atoms. The fourth-order valence-electron chi connectivity index (χ4n) is 2.16. The van der Waals surface area contributed by atoms with Crippen LogP contribution in [0.4, 0.5) is 0 Å². The fraction of sp³-hybridized carbons (Fsp3) is 0.412. The van der Waals surface area contributed by atoms with Crippen molar-refractivity contribution >= 4 is 51.3 Å². The van der Waals surface area contributed by atoms with Gasteiger partial charge in [0.15, 0.2) is 5.96 Å². The van der Waals surface area contributed by atoms with E-state index in [1.807, 2.05) is 13.0 Å². The van der Waals surface area contributed by atoms with Gasteiger partial charge in [0.1, 0.15) is 5.01 Å². The number of sulfonamides is 1. The molecule has 0 amide bonds. The van der Waals surface area contributed by atoms with Gasteiger partial charge in [0.05, 0.1) is 23.7 Å². The van der Waals surface area contributed by atoms with Crippen LogP contribution < -0.4 is 15.8 Å². The minimum atomic E-state index is -3.71. The lowest BCUT2D eigenvalue weighted by Crippen LogP contribution is -2.36. The third-order valence-electron chi connectivity index (χ3n) is 3.56. The molecule has 0 radical (unpaired) electrons. The number of rotatable bonds is 7. The number of benzene rings is 1. The molecule has 0 atom stereocenters. The number of aliphatic imine (C=N–C) groups is 1. The Balaban J connectivity index is 0.00000364. The third-order valence-corrected chi connectivity index (χ3v) is 5.34. The highest BCUT2D eigenvalue weighted by Gasteiger charge is 2.09. The van der Waals surface area contributed by atoms with Gasteiger partial charge in [-0.3, -0.25) is 0 Å². The predicted molar refractivity (Wildman–Crippen MR) is 121 cm³/mol. The maximum absolute atomic E-state index is 11.4. The number of aromatic nitrogens is 1. The Kier molecular flexibility index (Phi) is 9.63. The molecule has 0 aliphatic heterocycles. The van der Waals surface area contributed by atoms with Gasteiger partial charge in [0.2, 0.25) is 10.0 Å². The SMILES string of the molecule is CCNC(=NCc1cccc(S(N)(=O)=O)c1)NCc1nc(C(C)C)cs1.I. The highest BCUT2D eigenvalue weighted by molar-refractivity contribution is 14.0. The molecule has 7 nitrogen and oxygen atoms in total. The van der Waals surface area contributed by atoms with E-state index in [9.17, 15) is 8.42 Å². The highest BCUT2D eigenvalue weighted by Crippen LogP contribution is 2.17. The first kappa shape index (κ1) is 23.8. The summed E-state index contributed by atoms with van der Waals surface area (Å²) in [7, 11) is -3.71. The zero-order chi connectivity index (χ0) is 19.2. The smallest absolute Gasteiger partial charge is 0.238 e. The molecule has 0 fully saturated rings. The normalized spacial score (nSPS) is 12.0. The van der Waals surface area contributed by atoms with E-state index in [4.69, 9.17) is 5.14 Å². The lowest BCUT2D eigenvalue weighted by molar-refractivity contribution is 0.597. The molecule has 2 aromatic rings. The van der Waals surface area contributed by atoms with Crippen molar-refractivity contribution < 1.29 is 8.42 Å². The van der Waals surface area contributed by atoms with E-state index in [2.05, 4.69) is 39.8 Å². The average molecular weight is 523 g/mol. The lowest BCUT2D eigenvalue weighted by atomic mass is 10.2. The van der Waals surface area contributed by atoms with Gasteiger partial charge in [-0.1, -0.05) is 26.0 Å². The van der Waals surface area contributed by atoms with E-state index in [0.29, 0.717) is 25.0 Å². The Bertz CT molecular complexity index is 866. The topological polar surface area (TPSA) is 109 Å². The van der Waals surface area contributed by atoms with Crippen LogP contribution in [0, 0.1) is 0 Å². The summed E-state index contributed by atoms with van der Waals surface area (Å²) < 4.78 is 22.9. The predicted octanol–water partition coefficient (Wildman–Crippen LogP) is 2.79. The summed E-state index contributed by atoms with van der Waals surface area (Å²) in [6.07, 6.45) is 0. The van der Waals surface area contributed by atoms with Crippen molar-refractivity contribution in [1.29, 1.82) is 0 Å². The van der Waals surface area contributed by atoms with E-state index < -0.39 is 10.0 Å². The average Bonchev–Trinajstić information content (AvgIpc) is 3.06. The van der Waals surface area contributed by atoms with Gasteiger partial charge in [-0.25, -0.2) is 23.5 Å². The van der Waals surface area contributed by atoms with Gasteiger partial charge < -0.3 is 10.6 Å². The third kappa shape index (κ3) is 7.72. The van der Waals surface area contributed by atoms with Gasteiger partial charge in [-0.05, 0) is 30.5 Å². The maximum Gasteiger partial charge on any atom is 0.238 e. The molecule has 1 aromatic heterocycles. The first-order valence-electron chi connectivity index (χ1n) is 8.37. The zero-order valence-corrected chi connectivity index (χ0v) is 19.6. The van der Waals surface area contributed by atoms with Gasteiger partial charge in [0, 0.05) is 11.9 Å². The molecule has 150 valence electrons. The van der Waals surface area contributed by atoms with Gasteiger partial charge in [-0.2, -0.15) is 0 Å². The van der Waals surface area contributed by atoms with Crippen molar-refractivity contribution in [3.63, 3.8) is 0 Å². The van der Waals surface area contributed by atoms with Gasteiger partial charge in [-0.15, -0.1) is 35.3 Å². The molecule has 4 N–H and O–H groups in total. The van der Waals surface area contributed by atoms with Crippen LogP contribution >= 0.6 is 35.3 Å². The lowest BCUT2D eigenvalue weighted by Gasteiger charge is -2.10. The summed E-state index contributed by atoms with van der Waals surface area (Å²) >= 11 is 1.62. The molecule has 1 aromatic carbocycles. The van der Waals surface area contributed by atoms with Crippen molar-refractivity contribution in [3.05, 3.63) is 45.9 Å². The molecule has 0 saturated heterocycles. The van der Waals surface area contributed by atoms with Crippen LogP contribution in [0.3, 0.4) is 0 Å². The Hall–Kier alpha value is -1.24. The monoisotopic (exact) mass is 523 g/mol. The van der Waals surface area contributed by atoms with E-state index in [0.717, 1.165) is 22.8 Å². The summed E-state index contributed by atoms with van der Waals surface area (Å²) in [5.41, 5.74) is 1.86. The Morgan fingerprint density at radius 1 is 1.33 bits per heavy atom. The molecule has 0 aliphatic rings. The quantitative estimate of drug-likeness (QED) is 0.294. The standard InChI is InChI=1S/C17H25N5O2S2.HI/c1-4-19-17(21-10-16-22-15(11-25-16)12(2)3)20-9-13-6-5-7-14(8-13)26(18,23)24;/h5-8,11-12H,4,9-10H2,1-3H3,(H2,18,23,24)(H2,19,20,21);1H. The first-order valence-corrected chi connectivity index (χ1v) is 10.8. The maximum atomic E-state index is 11.4. The number of primary sulfonamides is 1. The summed E-state index contributed by atoms with van der Waals surface area (Å²) in [4.78, 5) is 9.18. The second-order valence-corrected chi connectivity index (χ2v) is 8.57. The number of thiazole rings is 1. The zero-order valence-electron chi connectivity index (χ0n) is 15.6. The summed E-state index contributed by atoms with van der Waals surface area (Å²) in [6, 6.07) is 6.49. The van der Waals surface area contributed by atoms with Gasteiger partial charge in [0.25, 0.3) is 0 Å². The van der Waals surface area contributed by atoms with Crippen molar-refractivity contribution in [3.8, 4) is 0 Å². The minimum Gasteiger partial charge on any atom is -0.357 e. The van der Waals surface area contributed by atoms with Crippen LogP contribution in [0.25, 0.3) is 0 Å². The fourth-order valence-corrected chi connectivity index (χ4v) is 3.64. The van der Waals surface area contributed by atoms with Crippen molar-refractivity contribution in [2.45, 2.75) is 44.7 Å². The van der Waals surface area contributed by atoms with Crippen LogP contribution in [-0.2, 0) is 23.1 Å². The van der Waals surface area contributed by atoms with E-state index in [1.165, 1.54) is 12.1 Å².